The smallest absolute Gasteiger partial charge is 0.254 e. The van der Waals surface area contributed by atoms with Gasteiger partial charge in [0.1, 0.15) is 0 Å². The number of carbonyl (C=O) groups excluding carboxylic acids is 2. The van der Waals surface area contributed by atoms with E-state index < -0.39 is 10.0 Å². The van der Waals surface area contributed by atoms with Crippen LogP contribution in [0.1, 0.15) is 10.4 Å². The van der Waals surface area contributed by atoms with Crippen molar-refractivity contribution in [1.82, 2.24) is 9.62 Å². The lowest BCUT2D eigenvalue weighted by Gasteiger charge is -2.28. The van der Waals surface area contributed by atoms with E-state index in [1.807, 2.05) is 24.3 Å². The summed E-state index contributed by atoms with van der Waals surface area (Å²) in [5.74, 6) is -0.712. The number of rotatable bonds is 7. The summed E-state index contributed by atoms with van der Waals surface area (Å²) in [6.07, 6.45) is 0. The van der Waals surface area contributed by atoms with Crippen molar-refractivity contribution in [2.24, 2.45) is 0 Å². The van der Waals surface area contributed by atoms with Crippen LogP contribution in [0.15, 0.2) is 53.4 Å². The first-order chi connectivity index (χ1) is 14.8. The Bertz CT molecular complexity index is 1020. The molecular weight excluding hydrogens is 420 g/mol. The molecule has 9 nitrogen and oxygen atoms in total. The monoisotopic (exact) mass is 446 g/mol. The second kappa shape index (κ2) is 9.90. The summed E-state index contributed by atoms with van der Waals surface area (Å²) in [6.45, 7) is 2.93. The van der Waals surface area contributed by atoms with Crippen molar-refractivity contribution in [1.29, 1.82) is 0 Å². The second-order valence-corrected chi connectivity index (χ2v) is 8.97. The molecule has 1 aliphatic rings. The maximum absolute atomic E-state index is 12.5. The van der Waals surface area contributed by atoms with E-state index in [-0.39, 0.29) is 23.3 Å². The zero-order chi connectivity index (χ0) is 22.4. The Morgan fingerprint density at radius 1 is 1.03 bits per heavy atom. The van der Waals surface area contributed by atoms with Gasteiger partial charge in [-0.2, -0.15) is 0 Å². The minimum absolute atomic E-state index is 0.0625. The van der Waals surface area contributed by atoms with Crippen LogP contribution < -0.4 is 14.9 Å². The molecule has 166 valence electrons. The third kappa shape index (κ3) is 5.81. The molecular formula is C21H26N4O5S. The summed E-state index contributed by atoms with van der Waals surface area (Å²) >= 11 is 0. The standard InChI is InChI=1S/C21H26N4O5S/c1-22-31(28,29)19-9-3-16(4-10-19)21(27)24(2)15-20(26)23-17-5-7-18(8-6-17)25-11-13-30-14-12-25/h3-10,22H,11-15H2,1-2H3,(H,23,26). The molecule has 1 heterocycles. The number of anilines is 2. The fraction of sp³-hybridized carbons (Fsp3) is 0.333. The molecule has 10 heteroatoms. The van der Waals surface area contributed by atoms with Crippen LogP contribution in [0.5, 0.6) is 0 Å². The van der Waals surface area contributed by atoms with Gasteiger partial charge < -0.3 is 19.9 Å². The van der Waals surface area contributed by atoms with E-state index >= 15 is 0 Å². The van der Waals surface area contributed by atoms with Crippen LogP contribution in [0.2, 0.25) is 0 Å². The normalized spacial score (nSPS) is 14.2. The van der Waals surface area contributed by atoms with E-state index in [4.69, 9.17) is 4.74 Å². The zero-order valence-electron chi connectivity index (χ0n) is 17.5. The number of nitrogens with zero attached hydrogens (tertiary/aromatic N) is 2. The first-order valence-corrected chi connectivity index (χ1v) is 11.3. The number of hydrogen-bond acceptors (Lipinski definition) is 6. The molecule has 2 aromatic carbocycles. The number of ether oxygens (including phenoxy) is 1. The predicted molar refractivity (Wildman–Crippen MR) is 118 cm³/mol. The van der Waals surface area contributed by atoms with Gasteiger partial charge >= 0.3 is 0 Å². The lowest BCUT2D eigenvalue weighted by Crippen LogP contribution is -2.36. The first-order valence-electron chi connectivity index (χ1n) is 9.82. The molecule has 0 bridgehead atoms. The molecule has 0 spiro atoms. The summed E-state index contributed by atoms with van der Waals surface area (Å²) in [6, 6.07) is 13.1. The highest BCUT2D eigenvalue weighted by atomic mass is 32.2. The van der Waals surface area contributed by atoms with Gasteiger partial charge in [0.25, 0.3) is 5.91 Å². The van der Waals surface area contributed by atoms with E-state index in [1.165, 1.54) is 43.3 Å². The van der Waals surface area contributed by atoms with Crippen molar-refractivity contribution in [3.8, 4) is 0 Å². The summed E-state index contributed by atoms with van der Waals surface area (Å²) in [4.78, 5) is 28.5. The van der Waals surface area contributed by atoms with Gasteiger partial charge in [0, 0.05) is 37.1 Å². The SMILES string of the molecule is CNS(=O)(=O)c1ccc(C(=O)N(C)CC(=O)Nc2ccc(N3CCOCC3)cc2)cc1. The zero-order valence-corrected chi connectivity index (χ0v) is 18.3. The van der Waals surface area contributed by atoms with Crippen molar-refractivity contribution in [2.45, 2.75) is 4.90 Å². The van der Waals surface area contributed by atoms with Crippen molar-refractivity contribution >= 4 is 33.2 Å². The highest BCUT2D eigenvalue weighted by molar-refractivity contribution is 7.89. The maximum atomic E-state index is 12.5. The highest BCUT2D eigenvalue weighted by Crippen LogP contribution is 2.19. The Morgan fingerprint density at radius 2 is 1.65 bits per heavy atom. The van der Waals surface area contributed by atoms with Crippen molar-refractivity contribution in [2.75, 3.05) is 57.2 Å². The van der Waals surface area contributed by atoms with Crippen LogP contribution in [-0.4, -0.2) is 72.1 Å². The van der Waals surface area contributed by atoms with Crippen molar-refractivity contribution < 1.29 is 22.7 Å². The summed E-state index contributed by atoms with van der Waals surface area (Å²) in [5, 5.41) is 2.78. The minimum Gasteiger partial charge on any atom is -0.378 e. The molecule has 2 aromatic rings. The molecule has 2 N–H and O–H groups in total. The summed E-state index contributed by atoms with van der Waals surface area (Å²) in [7, 11) is -0.741. The van der Waals surface area contributed by atoms with Gasteiger partial charge in [-0.25, -0.2) is 13.1 Å². The Morgan fingerprint density at radius 3 is 2.23 bits per heavy atom. The fourth-order valence-corrected chi connectivity index (χ4v) is 3.91. The molecule has 1 saturated heterocycles. The largest absolute Gasteiger partial charge is 0.378 e. The second-order valence-electron chi connectivity index (χ2n) is 7.09. The van der Waals surface area contributed by atoms with Gasteiger partial charge in [0.15, 0.2) is 0 Å². The molecule has 1 aliphatic heterocycles. The number of sulfonamides is 1. The van der Waals surface area contributed by atoms with Crippen molar-refractivity contribution in [3.63, 3.8) is 0 Å². The quantitative estimate of drug-likeness (QED) is 0.661. The third-order valence-corrected chi connectivity index (χ3v) is 6.37. The molecule has 0 radical (unpaired) electrons. The third-order valence-electron chi connectivity index (χ3n) is 4.94. The van der Waals surface area contributed by atoms with Crippen LogP contribution in [0.3, 0.4) is 0 Å². The number of nitrogens with one attached hydrogen (secondary N) is 2. The Hall–Kier alpha value is -2.95. The van der Waals surface area contributed by atoms with E-state index in [2.05, 4.69) is 14.9 Å². The molecule has 2 amide bonds. The van der Waals surface area contributed by atoms with Crippen LogP contribution >= 0.6 is 0 Å². The molecule has 1 fully saturated rings. The minimum atomic E-state index is -3.57. The lowest BCUT2D eigenvalue weighted by molar-refractivity contribution is -0.116. The first kappa shape index (κ1) is 22.7. The number of amides is 2. The Kier molecular flexibility index (Phi) is 7.26. The van der Waals surface area contributed by atoms with E-state index in [0.29, 0.717) is 24.5 Å². The molecule has 3 rings (SSSR count). The summed E-state index contributed by atoms with van der Waals surface area (Å²) in [5.41, 5.74) is 2.00. The Balaban J connectivity index is 1.55. The number of benzene rings is 2. The topological polar surface area (TPSA) is 108 Å². The predicted octanol–water partition coefficient (Wildman–Crippen LogP) is 1.14. The number of carbonyl (C=O) groups is 2. The number of hydrogen-bond donors (Lipinski definition) is 2. The summed E-state index contributed by atoms with van der Waals surface area (Å²) < 4.78 is 31.1. The molecule has 0 aliphatic carbocycles. The van der Waals surface area contributed by atoms with Gasteiger partial charge in [-0.1, -0.05) is 0 Å². The van der Waals surface area contributed by atoms with Crippen molar-refractivity contribution in [3.05, 3.63) is 54.1 Å². The maximum Gasteiger partial charge on any atom is 0.254 e. The average molecular weight is 447 g/mol. The van der Waals surface area contributed by atoms with Gasteiger partial charge in [-0.15, -0.1) is 0 Å². The lowest BCUT2D eigenvalue weighted by atomic mass is 10.2. The highest BCUT2D eigenvalue weighted by Gasteiger charge is 2.17. The van der Waals surface area contributed by atoms with E-state index in [0.717, 1.165) is 18.8 Å². The average Bonchev–Trinajstić information content (AvgIpc) is 2.79. The van der Waals surface area contributed by atoms with Gasteiger partial charge in [-0.3, -0.25) is 9.59 Å². The van der Waals surface area contributed by atoms with Gasteiger partial charge in [-0.05, 0) is 55.6 Å². The fourth-order valence-electron chi connectivity index (χ4n) is 3.18. The Labute approximate surface area is 182 Å². The van der Waals surface area contributed by atoms with Gasteiger partial charge in [0.2, 0.25) is 15.9 Å². The molecule has 0 saturated carbocycles. The van der Waals surface area contributed by atoms with Crippen LogP contribution in [0.4, 0.5) is 11.4 Å². The van der Waals surface area contributed by atoms with E-state index in [9.17, 15) is 18.0 Å². The van der Waals surface area contributed by atoms with Crippen LogP contribution in [-0.2, 0) is 19.6 Å². The van der Waals surface area contributed by atoms with Gasteiger partial charge in [0.05, 0.1) is 24.7 Å². The molecule has 31 heavy (non-hydrogen) atoms. The van der Waals surface area contributed by atoms with Crippen LogP contribution in [0.25, 0.3) is 0 Å². The molecule has 0 unspecified atom stereocenters. The molecule has 0 atom stereocenters. The number of likely N-dealkylation sites (N-methyl/N-ethyl adjacent to an activating group) is 1. The molecule has 0 aromatic heterocycles. The van der Waals surface area contributed by atoms with Crippen LogP contribution in [0, 0.1) is 0 Å². The van der Waals surface area contributed by atoms with E-state index in [1.54, 1.807) is 0 Å². The number of morpholine rings is 1.